The number of likely N-dealkylation sites (N-methyl/N-ethyl adjacent to an activating group) is 1. The van der Waals surface area contributed by atoms with Crippen molar-refractivity contribution in [1.29, 1.82) is 0 Å². The molecule has 2 rings (SSSR count). The van der Waals surface area contributed by atoms with Crippen LogP contribution in [0.15, 0.2) is 30.3 Å². The van der Waals surface area contributed by atoms with Gasteiger partial charge in [0.05, 0.1) is 0 Å². The number of carbonyl (C=O) groups is 1. The van der Waals surface area contributed by atoms with E-state index in [2.05, 4.69) is 73.3 Å². The van der Waals surface area contributed by atoms with Crippen LogP contribution in [0, 0.1) is 5.41 Å². The minimum absolute atomic E-state index is 0.0346. The van der Waals surface area contributed by atoms with E-state index in [0.29, 0.717) is 12.5 Å². The largest absolute Gasteiger partial charge is 0.355 e. The Kier molecular flexibility index (Phi) is 6.81. The summed E-state index contributed by atoms with van der Waals surface area (Å²) in [6, 6.07) is 11.0. The van der Waals surface area contributed by atoms with Gasteiger partial charge in [0.1, 0.15) is 0 Å². The molecule has 134 valence electrons. The minimum Gasteiger partial charge on any atom is -0.355 e. The number of hydrogen-bond acceptors (Lipinski definition) is 3. The molecule has 1 aliphatic heterocycles. The normalized spacial score (nSPS) is 18.3. The lowest BCUT2D eigenvalue weighted by molar-refractivity contribution is -0.123. The van der Waals surface area contributed by atoms with E-state index in [0.717, 1.165) is 39.1 Å². The number of hydrogen-bond donors (Lipinski definition) is 1. The molecule has 1 heterocycles. The van der Waals surface area contributed by atoms with Crippen molar-refractivity contribution < 1.29 is 4.79 Å². The van der Waals surface area contributed by atoms with Gasteiger partial charge in [0, 0.05) is 45.2 Å². The maximum Gasteiger partial charge on any atom is 0.220 e. The summed E-state index contributed by atoms with van der Waals surface area (Å²) < 4.78 is 0. The Bertz CT molecular complexity index is 501. The van der Waals surface area contributed by atoms with Crippen molar-refractivity contribution in [3.63, 3.8) is 0 Å². The van der Waals surface area contributed by atoms with E-state index in [-0.39, 0.29) is 11.3 Å². The number of nitrogens with zero attached hydrogens (tertiary/aromatic N) is 2. The van der Waals surface area contributed by atoms with Crippen molar-refractivity contribution in [3.8, 4) is 0 Å². The van der Waals surface area contributed by atoms with E-state index >= 15 is 0 Å². The molecule has 0 saturated carbocycles. The third-order valence-electron chi connectivity index (χ3n) is 4.59. The van der Waals surface area contributed by atoms with Crippen molar-refractivity contribution in [2.45, 2.75) is 39.7 Å². The molecule has 1 aromatic carbocycles. The zero-order chi connectivity index (χ0) is 17.6. The summed E-state index contributed by atoms with van der Waals surface area (Å²) in [7, 11) is 2.18. The summed E-state index contributed by atoms with van der Waals surface area (Å²) in [4.78, 5) is 17.1. The minimum atomic E-state index is 0.0346. The zero-order valence-corrected chi connectivity index (χ0v) is 15.7. The van der Waals surface area contributed by atoms with Crippen LogP contribution in [0.2, 0.25) is 0 Å². The Hall–Kier alpha value is -1.39. The number of nitrogens with one attached hydrogen (secondary N) is 1. The molecule has 0 radical (unpaired) electrons. The van der Waals surface area contributed by atoms with Crippen molar-refractivity contribution in [2.75, 3.05) is 39.8 Å². The van der Waals surface area contributed by atoms with Gasteiger partial charge in [-0.15, -0.1) is 0 Å². The van der Waals surface area contributed by atoms with Crippen LogP contribution in [-0.2, 0) is 11.2 Å². The molecule has 0 bridgehead atoms. The molecule has 1 fully saturated rings. The van der Waals surface area contributed by atoms with Gasteiger partial charge in [-0.2, -0.15) is 0 Å². The molecule has 0 aliphatic carbocycles. The first kappa shape index (κ1) is 18.9. The third kappa shape index (κ3) is 6.62. The average Bonchev–Trinajstić information content (AvgIpc) is 2.51. The first-order valence-corrected chi connectivity index (χ1v) is 9.07. The number of piperazine rings is 1. The van der Waals surface area contributed by atoms with E-state index in [1.807, 2.05) is 0 Å². The Balaban J connectivity index is 1.96. The van der Waals surface area contributed by atoms with Gasteiger partial charge in [0.2, 0.25) is 5.91 Å². The van der Waals surface area contributed by atoms with E-state index in [1.54, 1.807) is 0 Å². The Labute approximate surface area is 147 Å². The highest BCUT2D eigenvalue weighted by Gasteiger charge is 2.24. The predicted octanol–water partition coefficient (Wildman–Crippen LogP) is 2.40. The van der Waals surface area contributed by atoms with Crippen LogP contribution in [-0.4, -0.2) is 61.5 Å². The van der Waals surface area contributed by atoms with E-state index in [9.17, 15) is 4.79 Å². The van der Waals surface area contributed by atoms with E-state index in [4.69, 9.17) is 0 Å². The Morgan fingerprint density at radius 2 is 1.75 bits per heavy atom. The van der Waals surface area contributed by atoms with Gasteiger partial charge in [0.25, 0.3) is 0 Å². The monoisotopic (exact) mass is 331 g/mol. The predicted molar refractivity (Wildman–Crippen MR) is 100 cm³/mol. The van der Waals surface area contributed by atoms with Gasteiger partial charge in [0.15, 0.2) is 0 Å². The molecule has 4 heteroatoms. The van der Waals surface area contributed by atoms with Gasteiger partial charge in [-0.25, -0.2) is 0 Å². The zero-order valence-electron chi connectivity index (χ0n) is 15.7. The molecular formula is C20H33N3O. The first-order valence-electron chi connectivity index (χ1n) is 9.07. The van der Waals surface area contributed by atoms with Crippen LogP contribution in [0.1, 0.15) is 32.8 Å². The van der Waals surface area contributed by atoms with Crippen LogP contribution in [0.3, 0.4) is 0 Å². The molecule has 1 aliphatic rings. The topological polar surface area (TPSA) is 35.6 Å². The summed E-state index contributed by atoms with van der Waals surface area (Å²) >= 11 is 0. The highest BCUT2D eigenvalue weighted by atomic mass is 16.1. The van der Waals surface area contributed by atoms with Crippen molar-refractivity contribution >= 4 is 5.91 Å². The van der Waals surface area contributed by atoms with Gasteiger partial charge in [-0.05, 0) is 24.4 Å². The van der Waals surface area contributed by atoms with Crippen molar-refractivity contribution in [3.05, 3.63) is 35.9 Å². The molecule has 4 nitrogen and oxygen atoms in total. The molecule has 1 aromatic rings. The highest BCUT2D eigenvalue weighted by Crippen LogP contribution is 2.18. The maximum absolute atomic E-state index is 12.2. The van der Waals surface area contributed by atoms with Gasteiger partial charge < -0.3 is 10.2 Å². The number of amides is 1. The van der Waals surface area contributed by atoms with Crippen LogP contribution in [0.5, 0.6) is 0 Å². The molecule has 24 heavy (non-hydrogen) atoms. The third-order valence-corrected chi connectivity index (χ3v) is 4.59. The molecule has 1 unspecified atom stereocenters. The van der Waals surface area contributed by atoms with Crippen LogP contribution < -0.4 is 5.32 Å². The second kappa shape index (κ2) is 8.63. The fourth-order valence-electron chi connectivity index (χ4n) is 3.18. The van der Waals surface area contributed by atoms with Gasteiger partial charge in [-0.1, -0.05) is 51.1 Å². The molecule has 0 spiro atoms. The molecule has 1 N–H and O–H groups in total. The number of rotatable bonds is 6. The van der Waals surface area contributed by atoms with E-state index < -0.39 is 0 Å². The van der Waals surface area contributed by atoms with Crippen LogP contribution in [0.25, 0.3) is 0 Å². The van der Waals surface area contributed by atoms with Gasteiger partial charge >= 0.3 is 0 Å². The van der Waals surface area contributed by atoms with Crippen LogP contribution >= 0.6 is 0 Å². The summed E-state index contributed by atoms with van der Waals surface area (Å²) in [5.74, 6) is 0.162. The van der Waals surface area contributed by atoms with Crippen LogP contribution in [0.4, 0.5) is 0 Å². The lowest BCUT2D eigenvalue weighted by Crippen LogP contribution is -2.53. The van der Waals surface area contributed by atoms with Crippen molar-refractivity contribution in [1.82, 2.24) is 15.1 Å². The Morgan fingerprint density at radius 1 is 1.12 bits per heavy atom. The van der Waals surface area contributed by atoms with E-state index in [1.165, 1.54) is 5.56 Å². The second-order valence-electron chi connectivity index (χ2n) is 8.22. The molecular weight excluding hydrogens is 298 g/mol. The van der Waals surface area contributed by atoms with Gasteiger partial charge in [-0.3, -0.25) is 9.69 Å². The molecule has 1 amide bonds. The second-order valence-corrected chi connectivity index (χ2v) is 8.22. The summed E-state index contributed by atoms with van der Waals surface area (Å²) in [5.41, 5.74) is 1.37. The highest BCUT2D eigenvalue weighted by molar-refractivity contribution is 5.76. The number of benzene rings is 1. The number of carbonyl (C=O) groups excluding carboxylic acids is 1. The Morgan fingerprint density at radius 3 is 2.33 bits per heavy atom. The summed E-state index contributed by atoms with van der Waals surface area (Å²) in [5, 5.41) is 3.17. The fraction of sp³-hybridized carbons (Fsp3) is 0.650. The lowest BCUT2D eigenvalue weighted by atomic mass is 9.92. The summed E-state index contributed by atoms with van der Waals surface area (Å²) in [6.07, 6.45) is 1.56. The molecule has 1 atom stereocenters. The maximum atomic E-state index is 12.2. The smallest absolute Gasteiger partial charge is 0.220 e. The quantitative estimate of drug-likeness (QED) is 0.869. The lowest BCUT2D eigenvalue weighted by Gasteiger charge is -2.38. The first-order chi connectivity index (χ1) is 11.3. The SMILES string of the molecule is CN1CCN(C(CNC(=O)CC(C)(C)C)Cc2ccccc2)CC1. The molecule has 0 aromatic heterocycles. The average molecular weight is 332 g/mol. The van der Waals surface area contributed by atoms with Crippen molar-refractivity contribution in [2.24, 2.45) is 5.41 Å². The summed E-state index contributed by atoms with van der Waals surface area (Å²) in [6.45, 7) is 11.4. The molecule has 1 saturated heterocycles. The fourth-order valence-corrected chi connectivity index (χ4v) is 3.18. The standard InChI is InChI=1S/C20H33N3O/c1-20(2,3)15-19(24)21-16-18(14-17-8-6-5-7-9-17)23-12-10-22(4)11-13-23/h5-9,18H,10-16H2,1-4H3,(H,21,24).